The van der Waals surface area contributed by atoms with Gasteiger partial charge in [-0.3, -0.25) is 0 Å². The molecule has 0 aromatic heterocycles. The molecule has 22 heavy (non-hydrogen) atoms. The summed E-state index contributed by atoms with van der Waals surface area (Å²) in [6.45, 7) is 1.06. The van der Waals surface area contributed by atoms with Gasteiger partial charge in [-0.25, -0.2) is 0 Å². The number of hydrogen-bond acceptors (Lipinski definition) is 1. The van der Waals surface area contributed by atoms with Crippen molar-refractivity contribution in [1.82, 2.24) is 0 Å². The lowest BCUT2D eigenvalue weighted by Gasteiger charge is -2.26. The molecule has 130 valence electrons. The highest BCUT2D eigenvalue weighted by molar-refractivity contribution is 6.39. The Bertz CT molecular complexity index is 234. The molecule has 1 saturated heterocycles. The molecule has 2 rings (SSSR count). The quantitative estimate of drug-likeness (QED) is 0.571. The molecular formula is C20H40OSi. The van der Waals surface area contributed by atoms with Gasteiger partial charge in [0.1, 0.15) is 0 Å². The Morgan fingerprint density at radius 1 is 0.500 bits per heavy atom. The van der Waals surface area contributed by atoms with Gasteiger partial charge < -0.3 is 4.74 Å². The number of hydrogen-bond donors (Lipinski definition) is 0. The van der Waals surface area contributed by atoms with Crippen LogP contribution in [0.1, 0.15) is 109 Å². The van der Waals surface area contributed by atoms with Crippen molar-refractivity contribution in [2.24, 2.45) is 0 Å². The van der Waals surface area contributed by atoms with Crippen molar-refractivity contribution >= 4 is 9.52 Å². The van der Waals surface area contributed by atoms with Crippen LogP contribution in [0, 0.1) is 0 Å². The zero-order valence-corrected chi connectivity index (χ0v) is 16.4. The fraction of sp³-hybridized carbons (Fsp3) is 1.00. The van der Waals surface area contributed by atoms with Gasteiger partial charge in [0.05, 0.1) is 9.52 Å². The normalized spacial score (nSPS) is 29.2. The van der Waals surface area contributed by atoms with Crippen molar-refractivity contribution in [2.75, 3.05) is 6.61 Å². The summed E-state index contributed by atoms with van der Waals surface area (Å²) < 4.78 is 6.07. The largest absolute Gasteiger partial charge is 0.382 e. The molecule has 1 aliphatic carbocycles. The highest BCUT2D eigenvalue weighted by atomic mass is 28.2. The standard InChI is InChI=1S/C20H40OSi/c1-2-4-6-8-10-12-16-19(15-11-9-7-5-3-1)22-20-17-13-14-18-21-20/h19-20H,1-18,22H2. The van der Waals surface area contributed by atoms with Crippen molar-refractivity contribution in [3.63, 3.8) is 0 Å². The van der Waals surface area contributed by atoms with Gasteiger partial charge in [-0.2, -0.15) is 0 Å². The van der Waals surface area contributed by atoms with E-state index >= 15 is 0 Å². The van der Waals surface area contributed by atoms with E-state index in [0.717, 1.165) is 17.9 Å². The molecule has 2 aliphatic rings. The molecule has 1 aliphatic heterocycles. The fourth-order valence-electron chi connectivity index (χ4n) is 4.38. The SMILES string of the molecule is C1CCCCCCCC([SiH2]C2CCCCO2)CCCCCC1. The van der Waals surface area contributed by atoms with E-state index in [9.17, 15) is 0 Å². The van der Waals surface area contributed by atoms with Gasteiger partial charge in [-0.1, -0.05) is 89.9 Å². The first-order chi connectivity index (χ1) is 10.9. The average molecular weight is 325 g/mol. The third-order valence-corrected chi connectivity index (χ3v) is 8.50. The van der Waals surface area contributed by atoms with Crippen LogP contribution in [0.4, 0.5) is 0 Å². The van der Waals surface area contributed by atoms with Crippen molar-refractivity contribution in [1.29, 1.82) is 0 Å². The van der Waals surface area contributed by atoms with Crippen LogP contribution < -0.4 is 0 Å². The summed E-state index contributed by atoms with van der Waals surface area (Å²) >= 11 is 0. The van der Waals surface area contributed by atoms with Gasteiger partial charge in [0.2, 0.25) is 0 Å². The van der Waals surface area contributed by atoms with Gasteiger partial charge >= 0.3 is 0 Å². The maximum Gasteiger partial charge on any atom is 0.0586 e. The van der Waals surface area contributed by atoms with Crippen LogP contribution >= 0.6 is 0 Å². The number of ether oxygens (including phenoxy) is 1. The molecule has 2 fully saturated rings. The molecule has 0 N–H and O–H groups in total. The first-order valence-electron chi connectivity index (χ1n) is 10.6. The zero-order chi connectivity index (χ0) is 15.3. The molecule has 1 atom stereocenters. The van der Waals surface area contributed by atoms with Crippen molar-refractivity contribution < 1.29 is 4.74 Å². The fourth-order valence-corrected chi connectivity index (χ4v) is 7.00. The van der Waals surface area contributed by atoms with Crippen LogP contribution in [-0.2, 0) is 4.74 Å². The Morgan fingerprint density at radius 3 is 1.41 bits per heavy atom. The van der Waals surface area contributed by atoms with E-state index in [1.807, 2.05) is 0 Å². The van der Waals surface area contributed by atoms with Gasteiger partial charge in [0.15, 0.2) is 0 Å². The molecule has 1 nitrogen and oxygen atoms in total. The predicted octanol–water partition coefficient (Wildman–Crippen LogP) is 5.95. The lowest BCUT2D eigenvalue weighted by molar-refractivity contribution is 0.0640. The molecule has 0 amide bonds. The van der Waals surface area contributed by atoms with E-state index in [4.69, 9.17) is 4.74 Å². The van der Waals surface area contributed by atoms with Gasteiger partial charge in [0.25, 0.3) is 0 Å². The van der Waals surface area contributed by atoms with Crippen LogP contribution in [-0.4, -0.2) is 21.9 Å². The molecule has 2 heteroatoms. The third-order valence-electron chi connectivity index (χ3n) is 5.84. The highest BCUT2D eigenvalue weighted by Gasteiger charge is 2.20. The van der Waals surface area contributed by atoms with E-state index in [1.165, 1.54) is 109 Å². The second-order valence-corrected chi connectivity index (χ2v) is 10.4. The summed E-state index contributed by atoms with van der Waals surface area (Å²) in [5.74, 6) is 0. The molecule has 1 heterocycles. The van der Waals surface area contributed by atoms with Crippen molar-refractivity contribution in [2.45, 2.75) is 120 Å². The molecule has 1 unspecified atom stereocenters. The molecule has 1 saturated carbocycles. The molecular weight excluding hydrogens is 284 g/mol. The van der Waals surface area contributed by atoms with Gasteiger partial charge in [0, 0.05) is 12.3 Å². The highest BCUT2D eigenvalue weighted by Crippen LogP contribution is 2.27. The van der Waals surface area contributed by atoms with Crippen LogP contribution in [0.15, 0.2) is 0 Å². The summed E-state index contributed by atoms with van der Waals surface area (Å²) in [4.78, 5) is 0. The van der Waals surface area contributed by atoms with E-state index in [1.54, 1.807) is 0 Å². The van der Waals surface area contributed by atoms with E-state index in [0.29, 0.717) is 0 Å². The van der Waals surface area contributed by atoms with E-state index in [2.05, 4.69) is 0 Å². The lowest BCUT2D eigenvalue weighted by Crippen LogP contribution is -2.28. The zero-order valence-electron chi connectivity index (χ0n) is 15.0. The smallest absolute Gasteiger partial charge is 0.0586 e. The van der Waals surface area contributed by atoms with E-state index in [-0.39, 0.29) is 9.52 Å². The molecule has 0 spiro atoms. The maximum absolute atomic E-state index is 6.07. The summed E-state index contributed by atoms with van der Waals surface area (Å²) in [6.07, 6.45) is 25.2. The number of rotatable bonds is 2. The minimum Gasteiger partial charge on any atom is -0.382 e. The Balaban J connectivity index is 1.70. The molecule has 0 aromatic rings. The van der Waals surface area contributed by atoms with E-state index < -0.39 is 0 Å². The Hall–Kier alpha value is 0.177. The predicted molar refractivity (Wildman–Crippen MR) is 101 cm³/mol. The first kappa shape index (κ1) is 18.5. The molecule has 0 bridgehead atoms. The van der Waals surface area contributed by atoms with Crippen LogP contribution in [0.2, 0.25) is 5.54 Å². The third kappa shape index (κ3) is 8.72. The summed E-state index contributed by atoms with van der Waals surface area (Å²) in [6, 6.07) is 0. The monoisotopic (exact) mass is 324 g/mol. The second kappa shape index (κ2) is 12.6. The Labute approximate surface area is 141 Å². The average Bonchev–Trinajstić information content (AvgIpc) is 2.56. The van der Waals surface area contributed by atoms with Gasteiger partial charge in [-0.05, 0) is 24.8 Å². The lowest BCUT2D eigenvalue weighted by atomic mass is 10.0. The Morgan fingerprint density at radius 2 is 0.955 bits per heavy atom. The Kier molecular flexibility index (Phi) is 10.6. The molecule has 0 radical (unpaired) electrons. The maximum atomic E-state index is 6.07. The van der Waals surface area contributed by atoms with Crippen molar-refractivity contribution in [3.05, 3.63) is 0 Å². The summed E-state index contributed by atoms with van der Waals surface area (Å²) in [5.41, 5.74) is 1.83. The second-order valence-electron chi connectivity index (χ2n) is 7.91. The van der Waals surface area contributed by atoms with Crippen LogP contribution in [0.5, 0.6) is 0 Å². The minimum absolute atomic E-state index is 0.00931. The van der Waals surface area contributed by atoms with Gasteiger partial charge in [-0.15, -0.1) is 0 Å². The summed E-state index contributed by atoms with van der Waals surface area (Å²) in [5, 5.41) is 0. The minimum atomic E-state index is -0.00931. The van der Waals surface area contributed by atoms with Crippen molar-refractivity contribution in [3.8, 4) is 0 Å². The first-order valence-corrected chi connectivity index (χ1v) is 12.2. The van der Waals surface area contributed by atoms with Crippen LogP contribution in [0.3, 0.4) is 0 Å². The molecule has 0 aromatic carbocycles. The topological polar surface area (TPSA) is 9.23 Å². The summed E-state index contributed by atoms with van der Waals surface area (Å²) in [7, 11) is -0.00931. The van der Waals surface area contributed by atoms with Crippen LogP contribution in [0.25, 0.3) is 0 Å².